The molecule has 1 N–H and O–H groups in total. The van der Waals surface area contributed by atoms with Crippen molar-refractivity contribution in [3.63, 3.8) is 0 Å². The van der Waals surface area contributed by atoms with Crippen LogP contribution in [0, 0.1) is 5.21 Å². The van der Waals surface area contributed by atoms with Gasteiger partial charge in [-0.1, -0.05) is 0 Å². The Kier molecular flexibility index (Phi) is 1.60. The summed E-state index contributed by atoms with van der Waals surface area (Å²) in [5.74, 6) is -0.576. The molecule has 5 heteroatoms. The third-order valence-corrected chi connectivity index (χ3v) is 1.53. The molecule has 62 valence electrons. The molecule has 0 bridgehead atoms. The van der Waals surface area contributed by atoms with Crippen molar-refractivity contribution in [1.29, 1.82) is 0 Å². The smallest absolute Gasteiger partial charge is 0.313 e. The molecule has 1 heterocycles. The van der Waals surface area contributed by atoms with Crippen LogP contribution in [0.25, 0.3) is 0 Å². The van der Waals surface area contributed by atoms with Gasteiger partial charge in [-0.15, -0.1) is 0 Å². The van der Waals surface area contributed by atoms with Crippen LogP contribution >= 0.6 is 0 Å². The molecule has 1 amide bonds. The number of amides is 1. The first-order chi connectivity index (χ1) is 4.93. The monoisotopic (exact) mass is 158 g/mol. The summed E-state index contributed by atoms with van der Waals surface area (Å²) in [6.07, 6.45) is 1.26. The maximum absolute atomic E-state index is 10.8. The standard InChI is InChI=1S/C6H10N2O3/c1-6(2)4-7(10)3-5(9)8(6)11/h4,11H,3H2,1-2H3. The number of carbonyl (C=O) groups excluding carboxylic acids is 1. The van der Waals surface area contributed by atoms with E-state index < -0.39 is 11.4 Å². The van der Waals surface area contributed by atoms with Gasteiger partial charge < -0.3 is 5.21 Å². The van der Waals surface area contributed by atoms with E-state index in [1.807, 2.05) is 0 Å². The lowest BCUT2D eigenvalue weighted by Gasteiger charge is -2.31. The number of hydrogen-bond acceptors (Lipinski definition) is 3. The van der Waals surface area contributed by atoms with Gasteiger partial charge in [0.1, 0.15) is 5.54 Å². The summed E-state index contributed by atoms with van der Waals surface area (Å²) in [6.45, 7) is 2.85. The van der Waals surface area contributed by atoms with E-state index in [-0.39, 0.29) is 6.54 Å². The van der Waals surface area contributed by atoms with Crippen LogP contribution in [0.5, 0.6) is 0 Å². The van der Waals surface area contributed by atoms with E-state index in [0.717, 1.165) is 0 Å². The number of carbonyl (C=O) groups is 1. The zero-order valence-electron chi connectivity index (χ0n) is 6.44. The topological polar surface area (TPSA) is 66.6 Å². The van der Waals surface area contributed by atoms with Gasteiger partial charge in [0.15, 0.2) is 6.21 Å². The first kappa shape index (κ1) is 8.00. The van der Waals surface area contributed by atoms with Crippen molar-refractivity contribution >= 4 is 12.1 Å². The molecule has 0 spiro atoms. The van der Waals surface area contributed by atoms with E-state index in [2.05, 4.69) is 0 Å². The van der Waals surface area contributed by atoms with Crippen LogP contribution in [0.1, 0.15) is 13.8 Å². The summed E-state index contributed by atoms with van der Waals surface area (Å²) in [5.41, 5.74) is -0.892. The molecule has 1 rings (SSSR count). The molecule has 0 aromatic heterocycles. The number of rotatable bonds is 0. The van der Waals surface area contributed by atoms with Crippen LogP contribution in [0.3, 0.4) is 0 Å². The molecule has 11 heavy (non-hydrogen) atoms. The Labute approximate surface area is 64.1 Å². The summed E-state index contributed by atoms with van der Waals surface area (Å²) in [5, 5.41) is 20.4. The second-order valence-electron chi connectivity index (χ2n) is 3.06. The van der Waals surface area contributed by atoms with Crippen LogP contribution in [-0.2, 0) is 4.79 Å². The molecule has 0 radical (unpaired) electrons. The second-order valence-corrected chi connectivity index (χ2v) is 3.06. The first-order valence-electron chi connectivity index (χ1n) is 3.25. The van der Waals surface area contributed by atoms with Gasteiger partial charge in [0.25, 0.3) is 0 Å². The third-order valence-electron chi connectivity index (χ3n) is 1.53. The van der Waals surface area contributed by atoms with Gasteiger partial charge in [-0.2, -0.15) is 0 Å². The molecule has 0 saturated heterocycles. The van der Waals surface area contributed by atoms with Crippen molar-refractivity contribution in [2.75, 3.05) is 6.54 Å². The van der Waals surface area contributed by atoms with Crippen LogP contribution in [0.4, 0.5) is 0 Å². The minimum Gasteiger partial charge on any atom is -0.624 e. The highest BCUT2D eigenvalue weighted by atomic mass is 16.5. The van der Waals surface area contributed by atoms with Crippen LogP contribution in [0.15, 0.2) is 0 Å². The molecule has 0 aromatic rings. The SMILES string of the molecule is CC1(C)C=[N+]([O-])CC(=O)N1O. The number of hydrogen-bond donors (Lipinski definition) is 1. The van der Waals surface area contributed by atoms with E-state index in [4.69, 9.17) is 5.21 Å². The fourth-order valence-corrected chi connectivity index (χ4v) is 0.974. The van der Waals surface area contributed by atoms with Crippen molar-refractivity contribution in [2.24, 2.45) is 0 Å². The molecule has 0 aliphatic carbocycles. The van der Waals surface area contributed by atoms with Crippen molar-refractivity contribution in [2.45, 2.75) is 19.4 Å². The van der Waals surface area contributed by atoms with Gasteiger partial charge in [0, 0.05) is 0 Å². The Hall–Kier alpha value is -1.10. The lowest BCUT2D eigenvalue weighted by molar-refractivity contribution is -0.456. The summed E-state index contributed by atoms with van der Waals surface area (Å²) in [4.78, 5) is 10.8. The van der Waals surface area contributed by atoms with Crippen LogP contribution < -0.4 is 0 Å². The minimum absolute atomic E-state index is 0.306. The molecule has 0 unspecified atom stereocenters. The molecule has 1 aliphatic rings. The van der Waals surface area contributed by atoms with E-state index in [0.29, 0.717) is 9.80 Å². The zero-order valence-corrected chi connectivity index (χ0v) is 6.44. The highest BCUT2D eigenvalue weighted by Gasteiger charge is 2.37. The van der Waals surface area contributed by atoms with Crippen molar-refractivity contribution in [3.8, 4) is 0 Å². The maximum Gasteiger partial charge on any atom is 0.313 e. The van der Waals surface area contributed by atoms with Crippen molar-refractivity contribution in [3.05, 3.63) is 5.21 Å². The first-order valence-corrected chi connectivity index (χ1v) is 3.25. The van der Waals surface area contributed by atoms with Gasteiger partial charge in [0.05, 0.1) is 0 Å². The predicted molar refractivity (Wildman–Crippen MR) is 37.3 cm³/mol. The molecular weight excluding hydrogens is 148 g/mol. The van der Waals surface area contributed by atoms with E-state index in [9.17, 15) is 10.0 Å². The summed E-state index contributed by atoms with van der Waals surface area (Å²) >= 11 is 0. The zero-order chi connectivity index (χ0) is 8.65. The highest BCUT2D eigenvalue weighted by molar-refractivity contribution is 5.84. The largest absolute Gasteiger partial charge is 0.624 e. The lowest BCUT2D eigenvalue weighted by Crippen LogP contribution is -2.54. The van der Waals surface area contributed by atoms with Gasteiger partial charge in [0.2, 0.25) is 6.54 Å². The van der Waals surface area contributed by atoms with Gasteiger partial charge in [-0.3, -0.25) is 10.0 Å². The molecule has 0 fully saturated rings. The van der Waals surface area contributed by atoms with E-state index in [1.165, 1.54) is 6.21 Å². The molecule has 0 aromatic carbocycles. The minimum atomic E-state index is -0.892. The van der Waals surface area contributed by atoms with Gasteiger partial charge >= 0.3 is 5.91 Å². The summed E-state index contributed by atoms with van der Waals surface area (Å²) < 4.78 is 0.523. The maximum atomic E-state index is 10.8. The quantitative estimate of drug-likeness (QED) is 0.296. The number of hydroxylamine groups is 3. The molecule has 0 atom stereocenters. The van der Waals surface area contributed by atoms with Crippen LogP contribution in [0.2, 0.25) is 0 Å². The Morgan fingerprint density at radius 1 is 1.82 bits per heavy atom. The predicted octanol–water partition coefficient (Wildman–Crippen LogP) is -0.423. The normalized spacial score (nSPS) is 23.4. The summed E-state index contributed by atoms with van der Waals surface area (Å²) in [7, 11) is 0. The Balaban J connectivity index is 2.97. The van der Waals surface area contributed by atoms with E-state index in [1.54, 1.807) is 13.8 Å². The van der Waals surface area contributed by atoms with Gasteiger partial charge in [-0.25, -0.2) is 9.80 Å². The van der Waals surface area contributed by atoms with Crippen molar-refractivity contribution < 1.29 is 14.7 Å². The molecule has 1 aliphatic heterocycles. The lowest BCUT2D eigenvalue weighted by atomic mass is 10.1. The van der Waals surface area contributed by atoms with Crippen LogP contribution in [-0.4, -0.2) is 39.2 Å². The van der Waals surface area contributed by atoms with Crippen molar-refractivity contribution in [1.82, 2.24) is 5.06 Å². The third kappa shape index (κ3) is 1.32. The number of nitrogens with zero attached hydrogens (tertiary/aromatic N) is 2. The molecule has 5 nitrogen and oxygen atoms in total. The average Bonchev–Trinajstić information content (AvgIpc) is 1.81. The average molecular weight is 158 g/mol. The molecule has 0 saturated carbocycles. The van der Waals surface area contributed by atoms with E-state index >= 15 is 0 Å². The second kappa shape index (κ2) is 2.20. The molecular formula is C6H10N2O3. The fraction of sp³-hybridized carbons (Fsp3) is 0.667. The fourth-order valence-electron chi connectivity index (χ4n) is 0.974. The highest BCUT2D eigenvalue weighted by Crippen LogP contribution is 2.12. The Morgan fingerprint density at radius 2 is 2.36 bits per heavy atom. The Morgan fingerprint density at radius 3 is 2.82 bits per heavy atom. The van der Waals surface area contributed by atoms with Gasteiger partial charge in [-0.05, 0) is 13.8 Å². The summed E-state index contributed by atoms with van der Waals surface area (Å²) in [6, 6.07) is 0. The Bertz CT molecular complexity index is 222.